The van der Waals surface area contributed by atoms with Gasteiger partial charge in [0.25, 0.3) is 5.91 Å². The van der Waals surface area contributed by atoms with E-state index in [1.54, 1.807) is 6.08 Å². The minimum absolute atomic E-state index is 0.0495. The Kier molecular flexibility index (Phi) is 5.51. The first-order chi connectivity index (χ1) is 16.3. The number of benzene rings is 2. The second-order valence-electron chi connectivity index (χ2n) is 8.35. The predicted octanol–water partition coefficient (Wildman–Crippen LogP) is 5.52. The van der Waals surface area contributed by atoms with Crippen molar-refractivity contribution in [2.24, 2.45) is 0 Å². The summed E-state index contributed by atoms with van der Waals surface area (Å²) in [6, 6.07) is 13.4. The van der Waals surface area contributed by atoms with Gasteiger partial charge in [0, 0.05) is 30.5 Å². The smallest absolute Gasteiger partial charge is 0.418 e. The van der Waals surface area contributed by atoms with Crippen molar-refractivity contribution in [3.05, 3.63) is 89.3 Å². The summed E-state index contributed by atoms with van der Waals surface area (Å²) < 4.78 is 46.9. The number of halogens is 3. The lowest BCUT2D eigenvalue weighted by molar-refractivity contribution is -0.136. The van der Waals surface area contributed by atoms with Gasteiger partial charge in [-0.15, -0.1) is 0 Å². The van der Waals surface area contributed by atoms with Crippen LogP contribution in [-0.4, -0.2) is 40.6 Å². The molecule has 0 spiro atoms. The van der Waals surface area contributed by atoms with Crippen LogP contribution in [0.15, 0.2) is 66.9 Å². The molecule has 3 heterocycles. The van der Waals surface area contributed by atoms with Crippen molar-refractivity contribution >= 4 is 22.4 Å². The van der Waals surface area contributed by atoms with E-state index in [2.05, 4.69) is 4.98 Å². The lowest BCUT2D eigenvalue weighted by atomic mass is 9.95. The Morgan fingerprint density at radius 1 is 1.15 bits per heavy atom. The van der Waals surface area contributed by atoms with Gasteiger partial charge < -0.3 is 14.7 Å². The van der Waals surface area contributed by atoms with Gasteiger partial charge in [0.2, 0.25) is 0 Å². The molecule has 1 amide bonds. The molecule has 2 aliphatic rings. The minimum atomic E-state index is -4.71. The van der Waals surface area contributed by atoms with Gasteiger partial charge in [-0.3, -0.25) is 4.79 Å². The van der Waals surface area contributed by atoms with Crippen LogP contribution >= 0.6 is 0 Å². The van der Waals surface area contributed by atoms with E-state index in [1.165, 1.54) is 17.2 Å². The predicted molar refractivity (Wildman–Crippen MR) is 121 cm³/mol. The van der Waals surface area contributed by atoms with Gasteiger partial charge in [0.15, 0.2) is 0 Å². The van der Waals surface area contributed by atoms with Crippen LogP contribution < -0.4 is 0 Å². The Balaban J connectivity index is 1.50. The first-order valence-electron chi connectivity index (χ1n) is 10.9. The molecule has 2 aromatic carbocycles. The first kappa shape index (κ1) is 22.0. The van der Waals surface area contributed by atoms with E-state index in [9.17, 15) is 23.1 Å². The molecular formula is C26H21F3N2O3. The molecule has 1 aromatic heterocycles. The van der Waals surface area contributed by atoms with Gasteiger partial charge in [0.05, 0.1) is 23.9 Å². The zero-order valence-electron chi connectivity index (χ0n) is 18.0. The molecule has 1 N–H and O–H groups in total. The fraction of sp³-hybridized carbons (Fsp3) is 0.231. The quantitative estimate of drug-likeness (QED) is 0.553. The number of carbonyl (C=O) groups is 1. The number of aromatic nitrogens is 1. The number of rotatable bonds is 3. The highest BCUT2D eigenvalue weighted by atomic mass is 19.4. The maximum atomic E-state index is 13.9. The standard InChI is InChI=1S/C26H21F3N2O3/c27-26(28,29)21-13-19(18-8-11-34-15-18)12-20-23(32)14-22(30-24(20)21)25(33)31-9-6-17(7-10-31)16-4-2-1-3-5-16/h1-6,8,11-14,18H,7,9-10,15H2,(H,30,32). The molecular weight excluding hydrogens is 445 g/mol. The lowest BCUT2D eigenvalue weighted by Gasteiger charge is -2.26. The molecule has 5 nitrogen and oxygen atoms in total. The number of ether oxygens (including phenoxy) is 1. The SMILES string of the molecule is O=C(c1cc(O)c2cc(C3C=COC3)cc(C(F)(F)F)c2n1)N1CC=C(c2ccccc2)CC1. The van der Waals surface area contributed by atoms with E-state index in [0.717, 1.165) is 23.3 Å². The normalized spacial score (nSPS) is 18.1. The number of hydrogen-bond donors (Lipinski definition) is 1. The Labute approximate surface area is 193 Å². The third kappa shape index (κ3) is 4.11. The number of hydrogen-bond acceptors (Lipinski definition) is 4. The summed E-state index contributed by atoms with van der Waals surface area (Å²) in [6.07, 6.45) is 0.943. The van der Waals surface area contributed by atoms with Gasteiger partial charge in [-0.2, -0.15) is 13.2 Å². The van der Waals surface area contributed by atoms with Crippen molar-refractivity contribution in [2.45, 2.75) is 18.5 Å². The highest BCUT2D eigenvalue weighted by Gasteiger charge is 2.36. The van der Waals surface area contributed by atoms with Crippen molar-refractivity contribution in [1.82, 2.24) is 9.88 Å². The zero-order chi connectivity index (χ0) is 23.9. The van der Waals surface area contributed by atoms with Gasteiger partial charge in [-0.1, -0.05) is 36.4 Å². The second kappa shape index (κ2) is 8.52. The summed E-state index contributed by atoms with van der Waals surface area (Å²) >= 11 is 0. The molecule has 2 aliphatic heterocycles. The number of alkyl halides is 3. The number of pyridine rings is 1. The molecule has 0 saturated carbocycles. The van der Waals surface area contributed by atoms with E-state index in [4.69, 9.17) is 4.74 Å². The van der Waals surface area contributed by atoms with E-state index >= 15 is 0 Å². The van der Waals surface area contributed by atoms with Crippen molar-refractivity contribution in [1.29, 1.82) is 0 Å². The molecule has 8 heteroatoms. The molecule has 34 heavy (non-hydrogen) atoms. The average molecular weight is 466 g/mol. The molecule has 1 unspecified atom stereocenters. The van der Waals surface area contributed by atoms with E-state index in [-0.39, 0.29) is 23.6 Å². The molecule has 0 fully saturated rings. The van der Waals surface area contributed by atoms with Gasteiger partial charge >= 0.3 is 6.18 Å². The summed E-state index contributed by atoms with van der Waals surface area (Å²) in [5.74, 6) is -1.30. The summed E-state index contributed by atoms with van der Waals surface area (Å²) in [7, 11) is 0. The molecule has 3 aromatic rings. The van der Waals surface area contributed by atoms with E-state index < -0.39 is 28.9 Å². The van der Waals surface area contributed by atoms with Crippen molar-refractivity contribution in [2.75, 3.05) is 19.7 Å². The summed E-state index contributed by atoms with van der Waals surface area (Å²) in [5, 5.41) is 10.6. The molecule has 174 valence electrons. The largest absolute Gasteiger partial charge is 0.507 e. The number of aromatic hydroxyl groups is 1. The van der Waals surface area contributed by atoms with Gasteiger partial charge in [-0.25, -0.2) is 4.98 Å². The van der Waals surface area contributed by atoms with Crippen LogP contribution in [0.4, 0.5) is 13.2 Å². The average Bonchev–Trinajstić information content (AvgIpc) is 3.38. The summed E-state index contributed by atoms with van der Waals surface area (Å²) in [6.45, 7) is 0.933. The summed E-state index contributed by atoms with van der Waals surface area (Å²) in [5.41, 5.74) is 0.887. The number of fused-ring (bicyclic) bond motifs is 1. The third-order valence-corrected chi connectivity index (χ3v) is 6.19. The number of amides is 1. The van der Waals surface area contributed by atoms with Crippen LogP contribution in [0, 0.1) is 0 Å². The van der Waals surface area contributed by atoms with Crippen molar-refractivity contribution in [3.63, 3.8) is 0 Å². The Bertz CT molecular complexity index is 1320. The monoisotopic (exact) mass is 466 g/mol. The molecule has 0 radical (unpaired) electrons. The third-order valence-electron chi connectivity index (χ3n) is 6.19. The Morgan fingerprint density at radius 3 is 2.59 bits per heavy atom. The highest BCUT2D eigenvalue weighted by Crippen LogP contribution is 2.40. The molecule has 0 aliphatic carbocycles. The van der Waals surface area contributed by atoms with Crippen LogP contribution in [0.25, 0.3) is 16.5 Å². The first-order valence-corrected chi connectivity index (χ1v) is 10.9. The van der Waals surface area contributed by atoms with E-state index in [0.29, 0.717) is 25.1 Å². The van der Waals surface area contributed by atoms with Crippen LogP contribution in [0.5, 0.6) is 5.75 Å². The summed E-state index contributed by atoms with van der Waals surface area (Å²) in [4.78, 5) is 18.7. The zero-order valence-corrected chi connectivity index (χ0v) is 18.0. The van der Waals surface area contributed by atoms with Gasteiger partial charge in [-0.05, 0) is 41.3 Å². The minimum Gasteiger partial charge on any atom is -0.507 e. The fourth-order valence-corrected chi connectivity index (χ4v) is 4.37. The van der Waals surface area contributed by atoms with Crippen LogP contribution in [-0.2, 0) is 10.9 Å². The van der Waals surface area contributed by atoms with Gasteiger partial charge in [0.1, 0.15) is 11.4 Å². The lowest BCUT2D eigenvalue weighted by Crippen LogP contribution is -2.35. The van der Waals surface area contributed by atoms with E-state index in [1.807, 2.05) is 36.4 Å². The van der Waals surface area contributed by atoms with Crippen LogP contribution in [0.3, 0.4) is 0 Å². The van der Waals surface area contributed by atoms with Crippen LogP contribution in [0.1, 0.15) is 39.5 Å². The number of nitrogens with zero attached hydrogens (tertiary/aromatic N) is 2. The Morgan fingerprint density at radius 2 is 1.94 bits per heavy atom. The van der Waals surface area contributed by atoms with Crippen molar-refractivity contribution < 1.29 is 27.8 Å². The topological polar surface area (TPSA) is 62.7 Å². The van der Waals surface area contributed by atoms with Crippen molar-refractivity contribution in [3.8, 4) is 5.75 Å². The molecule has 1 atom stereocenters. The molecule has 5 rings (SSSR count). The molecule has 0 saturated heterocycles. The maximum absolute atomic E-state index is 13.9. The number of carbonyl (C=O) groups excluding carboxylic acids is 1. The maximum Gasteiger partial charge on any atom is 0.418 e. The fourth-order valence-electron chi connectivity index (χ4n) is 4.37. The second-order valence-corrected chi connectivity index (χ2v) is 8.35. The highest BCUT2D eigenvalue weighted by molar-refractivity contribution is 5.98. The van der Waals surface area contributed by atoms with Crippen LogP contribution in [0.2, 0.25) is 0 Å². The Hall–Kier alpha value is -3.81. The molecule has 0 bridgehead atoms.